The van der Waals surface area contributed by atoms with E-state index in [1.54, 1.807) is 54.6 Å². The normalized spacial score (nSPS) is 11.1. The molecule has 1 heterocycles. The quantitative estimate of drug-likeness (QED) is 0.353. The lowest BCUT2D eigenvalue weighted by Gasteiger charge is -2.13. The van der Waals surface area contributed by atoms with Crippen molar-refractivity contribution in [1.82, 2.24) is 14.3 Å². The van der Waals surface area contributed by atoms with E-state index in [4.69, 9.17) is 0 Å². The number of fused-ring (bicyclic) bond motifs is 1. The molecule has 0 aliphatic rings. The molecule has 0 saturated carbocycles. The van der Waals surface area contributed by atoms with Crippen LogP contribution in [0, 0.1) is 0 Å². The van der Waals surface area contributed by atoms with Crippen LogP contribution >= 0.6 is 0 Å². The summed E-state index contributed by atoms with van der Waals surface area (Å²) in [7, 11) is -4.14. The lowest BCUT2D eigenvalue weighted by Crippen LogP contribution is -2.34. The van der Waals surface area contributed by atoms with Crippen molar-refractivity contribution in [3.05, 3.63) is 95.0 Å². The monoisotopic (exact) mass is 505 g/mol. The van der Waals surface area contributed by atoms with Gasteiger partial charge in [-0.3, -0.25) is 14.2 Å². The summed E-state index contributed by atoms with van der Waals surface area (Å²) in [6.07, 6.45) is 0.463. The SMILES string of the molecule is CCc1nc2ccccc2c(=O)n1CC(=O)Nc1ccc(S(=O)(=O)NC(=O)Nc2ccccc2)cc1. The lowest BCUT2D eigenvalue weighted by atomic mass is 10.2. The first-order valence-electron chi connectivity index (χ1n) is 11.0. The number of urea groups is 1. The molecule has 4 rings (SSSR count). The first-order valence-corrected chi connectivity index (χ1v) is 12.5. The third kappa shape index (κ3) is 5.58. The number of para-hydroxylation sites is 2. The summed E-state index contributed by atoms with van der Waals surface area (Å²) in [5.74, 6) is 0.00926. The third-order valence-electron chi connectivity index (χ3n) is 5.27. The number of hydrogen-bond acceptors (Lipinski definition) is 6. The molecule has 0 bridgehead atoms. The van der Waals surface area contributed by atoms with Gasteiger partial charge in [-0.25, -0.2) is 22.9 Å². The first-order chi connectivity index (χ1) is 17.3. The van der Waals surface area contributed by atoms with Gasteiger partial charge in [-0.1, -0.05) is 37.3 Å². The van der Waals surface area contributed by atoms with Crippen LogP contribution in [0.5, 0.6) is 0 Å². The van der Waals surface area contributed by atoms with E-state index in [1.807, 2.05) is 11.6 Å². The largest absolute Gasteiger partial charge is 0.333 e. The zero-order valence-corrected chi connectivity index (χ0v) is 20.1. The van der Waals surface area contributed by atoms with Gasteiger partial charge in [-0.05, 0) is 48.5 Å². The lowest BCUT2D eigenvalue weighted by molar-refractivity contribution is -0.116. The van der Waals surface area contributed by atoms with Crippen molar-refractivity contribution >= 4 is 44.2 Å². The zero-order valence-electron chi connectivity index (χ0n) is 19.3. The molecule has 0 atom stereocenters. The molecule has 0 unspecified atom stereocenters. The Balaban J connectivity index is 1.43. The number of benzene rings is 3. The second-order valence-corrected chi connectivity index (χ2v) is 9.47. The number of hydrogen-bond donors (Lipinski definition) is 3. The second kappa shape index (κ2) is 10.4. The minimum Gasteiger partial charge on any atom is -0.325 e. The standard InChI is InChI=1S/C25H23N5O5S/c1-2-22-28-21-11-7-6-10-20(21)24(32)30(22)16-23(31)26-18-12-14-19(15-13-18)36(34,35)29-25(33)27-17-8-4-3-5-9-17/h3-15H,2,16H2,1H3,(H,26,31)(H2,27,29,33). The third-order valence-corrected chi connectivity index (χ3v) is 6.61. The number of aromatic nitrogens is 2. The van der Waals surface area contributed by atoms with E-state index >= 15 is 0 Å². The van der Waals surface area contributed by atoms with E-state index in [2.05, 4.69) is 15.6 Å². The maximum Gasteiger partial charge on any atom is 0.333 e. The Morgan fingerprint density at radius 3 is 2.19 bits per heavy atom. The molecule has 3 aromatic carbocycles. The minimum atomic E-state index is -4.14. The molecule has 4 aromatic rings. The summed E-state index contributed by atoms with van der Waals surface area (Å²) in [5.41, 5.74) is 1.02. The molecule has 36 heavy (non-hydrogen) atoms. The fraction of sp³-hybridized carbons (Fsp3) is 0.120. The highest BCUT2D eigenvalue weighted by Gasteiger charge is 2.18. The van der Waals surface area contributed by atoms with Gasteiger partial charge in [0.05, 0.1) is 15.8 Å². The molecule has 3 amide bonds. The van der Waals surface area contributed by atoms with Gasteiger partial charge >= 0.3 is 6.03 Å². The second-order valence-electron chi connectivity index (χ2n) is 7.79. The minimum absolute atomic E-state index is 0.160. The highest BCUT2D eigenvalue weighted by molar-refractivity contribution is 7.90. The van der Waals surface area contributed by atoms with Gasteiger partial charge in [0.15, 0.2) is 0 Å². The van der Waals surface area contributed by atoms with Crippen molar-refractivity contribution in [2.75, 3.05) is 10.6 Å². The van der Waals surface area contributed by atoms with Gasteiger partial charge in [-0.15, -0.1) is 0 Å². The van der Waals surface area contributed by atoms with Crippen molar-refractivity contribution < 1.29 is 18.0 Å². The fourth-order valence-electron chi connectivity index (χ4n) is 3.57. The Labute approximate surface area is 207 Å². The maximum atomic E-state index is 12.9. The van der Waals surface area contributed by atoms with Crippen LogP contribution in [0.25, 0.3) is 10.9 Å². The highest BCUT2D eigenvalue weighted by Crippen LogP contribution is 2.15. The van der Waals surface area contributed by atoms with Crippen LogP contribution in [-0.4, -0.2) is 29.9 Å². The van der Waals surface area contributed by atoms with E-state index in [-0.39, 0.29) is 17.0 Å². The number of amides is 3. The predicted octanol–water partition coefficient (Wildman–Crippen LogP) is 3.11. The summed E-state index contributed by atoms with van der Waals surface area (Å²) >= 11 is 0. The smallest absolute Gasteiger partial charge is 0.325 e. The van der Waals surface area contributed by atoms with Crippen LogP contribution in [0.15, 0.2) is 88.6 Å². The van der Waals surface area contributed by atoms with E-state index in [0.717, 1.165) is 0 Å². The van der Waals surface area contributed by atoms with Gasteiger partial charge in [0.25, 0.3) is 15.6 Å². The van der Waals surface area contributed by atoms with Crippen LogP contribution in [-0.2, 0) is 27.8 Å². The van der Waals surface area contributed by atoms with Gasteiger partial charge in [0.2, 0.25) is 5.91 Å². The summed E-state index contributed by atoms with van der Waals surface area (Å²) in [5, 5.41) is 5.50. The number of nitrogens with zero attached hydrogens (tertiary/aromatic N) is 2. The molecule has 10 nitrogen and oxygen atoms in total. The molecule has 3 N–H and O–H groups in total. The van der Waals surface area contributed by atoms with Gasteiger partial charge < -0.3 is 10.6 Å². The first kappa shape index (κ1) is 24.6. The van der Waals surface area contributed by atoms with Crippen molar-refractivity contribution in [3.63, 3.8) is 0 Å². The summed E-state index contributed by atoms with van der Waals surface area (Å²) in [4.78, 5) is 41.9. The summed E-state index contributed by atoms with van der Waals surface area (Å²) in [6, 6.07) is 19.7. The summed E-state index contributed by atoms with van der Waals surface area (Å²) in [6.45, 7) is 1.60. The molecule has 0 aliphatic heterocycles. The number of carbonyl (C=O) groups is 2. The maximum absolute atomic E-state index is 12.9. The number of rotatable bonds is 7. The average molecular weight is 506 g/mol. The van der Waals surface area contributed by atoms with Crippen LogP contribution in [0.1, 0.15) is 12.7 Å². The van der Waals surface area contributed by atoms with Crippen molar-refractivity contribution in [2.24, 2.45) is 0 Å². The molecular weight excluding hydrogens is 482 g/mol. The Bertz CT molecular complexity index is 1580. The Morgan fingerprint density at radius 2 is 1.50 bits per heavy atom. The van der Waals surface area contributed by atoms with E-state index in [1.165, 1.54) is 28.8 Å². The zero-order chi connectivity index (χ0) is 25.7. The number of anilines is 2. The van der Waals surface area contributed by atoms with Crippen LogP contribution < -0.4 is 20.9 Å². The fourth-order valence-corrected chi connectivity index (χ4v) is 4.47. The molecule has 0 saturated heterocycles. The van der Waals surface area contributed by atoms with Gasteiger partial charge in [0, 0.05) is 17.8 Å². The molecule has 11 heteroatoms. The topological polar surface area (TPSA) is 139 Å². The van der Waals surface area contributed by atoms with Crippen LogP contribution in [0.3, 0.4) is 0 Å². The van der Waals surface area contributed by atoms with Crippen LogP contribution in [0.4, 0.5) is 16.2 Å². The molecule has 1 aromatic heterocycles. The van der Waals surface area contributed by atoms with Crippen molar-refractivity contribution in [2.45, 2.75) is 24.8 Å². The Kier molecular flexibility index (Phi) is 7.11. The molecule has 0 fully saturated rings. The van der Waals surface area contributed by atoms with Crippen molar-refractivity contribution in [1.29, 1.82) is 0 Å². The number of nitrogens with one attached hydrogen (secondary N) is 3. The highest BCUT2D eigenvalue weighted by atomic mass is 32.2. The molecule has 0 radical (unpaired) electrons. The number of aryl methyl sites for hydroxylation is 1. The van der Waals surface area contributed by atoms with E-state index in [9.17, 15) is 22.8 Å². The van der Waals surface area contributed by atoms with E-state index < -0.39 is 22.0 Å². The molecule has 0 aliphatic carbocycles. The Hall–Kier alpha value is -4.51. The van der Waals surface area contributed by atoms with Crippen molar-refractivity contribution in [3.8, 4) is 0 Å². The van der Waals surface area contributed by atoms with Crippen LogP contribution in [0.2, 0.25) is 0 Å². The van der Waals surface area contributed by atoms with E-state index in [0.29, 0.717) is 34.5 Å². The summed E-state index contributed by atoms with van der Waals surface area (Å²) < 4.78 is 28.3. The Morgan fingerprint density at radius 1 is 0.861 bits per heavy atom. The van der Waals surface area contributed by atoms with Gasteiger partial charge in [-0.2, -0.15) is 0 Å². The number of carbonyl (C=O) groups excluding carboxylic acids is 2. The average Bonchev–Trinajstić information content (AvgIpc) is 2.86. The predicted molar refractivity (Wildman–Crippen MR) is 136 cm³/mol. The molecular formula is C25H23N5O5S. The molecule has 184 valence electrons. The number of sulfonamides is 1. The van der Waals surface area contributed by atoms with Gasteiger partial charge in [0.1, 0.15) is 12.4 Å². The molecule has 0 spiro atoms.